The van der Waals surface area contributed by atoms with Crippen LogP contribution >= 0.6 is 11.6 Å². The summed E-state index contributed by atoms with van der Waals surface area (Å²) in [6.45, 7) is 0. The van der Waals surface area contributed by atoms with Crippen molar-refractivity contribution in [2.75, 3.05) is 7.05 Å². The molecule has 116 valence electrons. The number of pyridine rings is 1. The number of aromatic nitrogens is 1. The molecule has 3 heterocycles. The monoisotopic (exact) mass is 329 g/mol. The number of hydrogen-bond acceptors (Lipinski definition) is 4. The van der Waals surface area contributed by atoms with Crippen LogP contribution in [0, 0.1) is 0 Å². The summed E-state index contributed by atoms with van der Waals surface area (Å²) in [6, 6.07) is 2.45. The fraction of sp³-hybridized carbons (Fsp3) is 0.643. The van der Waals surface area contributed by atoms with Crippen molar-refractivity contribution in [1.82, 2.24) is 14.6 Å². The Hall–Kier alpha value is -0.690. The van der Waals surface area contributed by atoms with Gasteiger partial charge in [-0.1, -0.05) is 18.0 Å². The SMILES string of the molecule is CN1C2CCCC1CC(NS(=O)(=O)c1cnccc1Cl)C2. The molecule has 2 atom stereocenters. The van der Waals surface area contributed by atoms with Gasteiger partial charge in [-0.2, -0.15) is 0 Å². The molecule has 0 aliphatic carbocycles. The van der Waals surface area contributed by atoms with E-state index in [2.05, 4.69) is 21.7 Å². The summed E-state index contributed by atoms with van der Waals surface area (Å²) in [7, 11) is -1.45. The summed E-state index contributed by atoms with van der Waals surface area (Å²) in [5.74, 6) is 0. The average molecular weight is 330 g/mol. The molecule has 0 saturated carbocycles. The van der Waals surface area contributed by atoms with Crippen LogP contribution in [0.1, 0.15) is 32.1 Å². The first-order chi connectivity index (χ1) is 9.97. The van der Waals surface area contributed by atoms with Gasteiger partial charge in [0.25, 0.3) is 0 Å². The van der Waals surface area contributed by atoms with Crippen LogP contribution < -0.4 is 4.72 Å². The molecule has 3 rings (SSSR count). The Kier molecular flexibility index (Phi) is 4.23. The van der Waals surface area contributed by atoms with Gasteiger partial charge in [-0.3, -0.25) is 4.98 Å². The Morgan fingerprint density at radius 1 is 1.33 bits per heavy atom. The van der Waals surface area contributed by atoms with Crippen LogP contribution in [0.3, 0.4) is 0 Å². The van der Waals surface area contributed by atoms with Gasteiger partial charge >= 0.3 is 0 Å². The van der Waals surface area contributed by atoms with Crippen molar-refractivity contribution in [3.8, 4) is 0 Å². The lowest BCUT2D eigenvalue weighted by Gasteiger charge is -2.47. The molecule has 0 radical (unpaired) electrons. The maximum atomic E-state index is 12.5. The zero-order chi connectivity index (χ0) is 15.0. The number of piperidine rings is 2. The molecule has 2 unspecified atom stereocenters. The third kappa shape index (κ3) is 3.08. The van der Waals surface area contributed by atoms with Crippen molar-refractivity contribution in [3.63, 3.8) is 0 Å². The highest BCUT2D eigenvalue weighted by Gasteiger charge is 2.37. The number of sulfonamides is 1. The first-order valence-corrected chi connectivity index (χ1v) is 9.17. The molecule has 0 spiro atoms. The summed E-state index contributed by atoms with van der Waals surface area (Å²) in [5.41, 5.74) is 0. The summed E-state index contributed by atoms with van der Waals surface area (Å²) in [4.78, 5) is 6.34. The summed E-state index contributed by atoms with van der Waals surface area (Å²) in [5, 5.41) is 0.214. The fourth-order valence-corrected chi connectivity index (χ4v) is 5.25. The molecule has 2 fully saturated rings. The molecule has 7 heteroatoms. The summed E-state index contributed by atoms with van der Waals surface area (Å²) >= 11 is 5.98. The van der Waals surface area contributed by atoms with Gasteiger partial charge in [-0.05, 0) is 38.8 Å². The van der Waals surface area contributed by atoms with E-state index in [0.29, 0.717) is 12.1 Å². The lowest BCUT2D eigenvalue weighted by atomic mass is 9.83. The standard InChI is InChI=1S/C14H20ClN3O2S/c1-18-11-3-2-4-12(18)8-10(7-11)17-21(19,20)14-9-16-6-5-13(14)15/h5-6,9-12,17H,2-4,7-8H2,1H3. The van der Waals surface area contributed by atoms with E-state index in [0.717, 1.165) is 25.7 Å². The summed E-state index contributed by atoms with van der Waals surface area (Å²) in [6.07, 6.45) is 8.07. The Labute approximate surface area is 130 Å². The molecule has 0 amide bonds. The van der Waals surface area contributed by atoms with E-state index >= 15 is 0 Å². The Bertz CT molecular complexity index is 608. The Morgan fingerprint density at radius 3 is 2.62 bits per heavy atom. The highest BCUT2D eigenvalue weighted by atomic mass is 35.5. The normalized spacial score (nSPS) is 30.3. The first-order valence-electron chi connectivity index (χ1n) is 7.31. The smallest absolute Gasteiger partial charge is 0.243 e. The highest BCUT2D eigenvalue weighted by Crippen LogP contribution is 2.33. The van der Waals surface area contributed by atoms with Crippen LogP contribution in [0.2, 0.25) is 5.02 Å². The molecule has 2 saturated heterocycles. The second-order valence-corrected chi connectivity index (χ2v) is 8.09. The van der Waals surface area contributed by atoms with Crippen LogP contribution in [0.25, 0.3) is 0 Å². The molecule has 2 bridgehead atoms. The summed E-state index contributed by atoms with van der Waals surface area (Å²) < 4.78 is 27.8. The third-order valence-electron chi connectivity index (χ3n) is 4.69. The average Bonchev–Trinajstić information content (AvgIpc) is 2.40. The van der Waals surface area contributed by atoms with Gasteiger partial charge < -0.3 is 4.90 Å². The largest absolute Gasteiger partial charge is 0.300 e. The Morgan fingerprint density at radius 2 is 2.00 bits per heavy atom. The molecule has 1 aromatic rings. The second kappa shape index (κ2) is 5.83. The van der Waals surface area contributed by atoms with Gasteiger partial charge in [-0.25, -0.2) is 13.1 Å². The van der Waals surface area contributed by atoms with E-state index in [9.17, 15) is 8.42 Å². The van der Waals surface area contributed by atoms with Crippen molar-refractivity contribution in [1.29, 1.82) is 0 Å². The number of fused-ring (bicyclic) bond motifs is 2. The van der Waals surface area contributed by atoms with Crippen LogP contribution in [-0.4, -0.2) is 43.5 Å². The first kappa shape index (κ1) is 15.2. The lowest BCUT2D eigenvalue weighted by Crippen LogP contribution is -2.55. The number of nitrogens with one attached hydrogen (secondary N) is 1. The zero-order valence-corrected chi connectivity index (χ0v) is 13.6. The van der Waals surface area contributed by atoms with Crippen molar-refractivity contribution in [3.05, 3.63) is 23.5 Å². The van der Waals surface area contributed by atoms with Crippen molar-refractivity contribution in [2.24, 2.45) is 0 Å². The molecule has 1 aromatic heterocycles. The molecule has 2 aliphatic heterocycles. The predicted octanol–water partition coefficient (Wildman–Crippen LogP) is 2.03. The molecule has 1 N–H and O–H groups in total. The predicted molar refractivity (Wildman–Crippen MR) is 81.8 cm³/mol. The topological polar surface area (TPSA) is 62.3 Å². The molecule has 0 aromatic carbocycles. The van der Waals surface area contributed by atoms with E-state index < -0.39 is 10.0 Å². The fourth-order valence-electron chi connectivity index (χ4n) is 3.56. The minimum absolute atomic E-state index is 0.0160. The number of nitrogens with zero attached hydrogens (tertiary/aromatic N) is 2. The van der Waals surface area contributed by atoms with Gasteiger partial charge in [0.05, 0.1) is 5.02 Å². The maximum Gasteiger partial charge on any atom is 0.243 e. The van der Waals surface area contributed by atoms with Crippen LogP contribution in [0.4, 0.5) is 0 Å². The van der Waals surface area contributed by atoms with E-state index in [1.807, 2.05) is 0 Å². The van der Waals surface area contributed by atoms with E-state index in [4.69, 9.17) is 11.6 Å². The van der Waals surface area contributed by atoms with Crippen LogP contribution in [0.15, 0.2) is 23.4 Å². The third-order valence-corrected chi connectivity index (χ3v) is 6.67. The van der Waals surface area contributed by atoms with Gasteiger partial charge in [0.15, 0.2) is 0 Å². The van der Waals surface area contributed by atoms with Gasteiger partial charge in [-0.15, -0.1) is 0 Å². The number of hydrogen-bond donors (Lipinski definition) is 1. The Balaban J connectivity index is 1.76. The van der Waals surface area contributed by atoms with Crippen molar-refractivity contribution < 1.29 is 8.42 Å². The minimum Gasteiger partial charge on any atom is -0.300 e. The lowest BCUT2D eigenvalue weighted by molar-refractivity contribution is 0.0536. The van der Waals surface area contributed by atoms with Crippen molar-refractivity contribution in [2.45, 2.75) is 55.1 Å². The zero-order valence-electron chi connectivity index (χ0n) is 12.0. The van der Waals surface area contributed by atoms with Gasteiger partial charge in [0.2, 0.25) is 10.0 Å². The van der Waals surface area contributed by atoms with E-state index in [1.54, 1.807) is 0 Å². The molecule has 5 nitrogen and oxygen atoms in total. The quantitative estimate of drug-likeness (QED) is 0.921. The molecule has 21 heavy (non-hydrogen) atoms. The maximum absolute atomic E-state index is 12.5. The van der Waals surface area contributed by atoms with Gasteiger partial charge in [0, 0.05) is 30.5 Å². The highest BCUT2D eigenvalue weighted by molar-refractivity contribution is 7.89. The van der Waals surface area contributed by atoms with Crippen LogP contribution in [-0.2, 0) is 10.0 Å². The van der Waals surface area contributed by atoms with E-state index in [-0.39, 0.29) is 16.0 Å². The van der Waals surface area contributed by atoms with Crippen LogP contribution in [0.5, 0.6) is 0 Å². The minimum atomic E-state index is -3.60. The van der Waals surface area contributed by atoms with E-state index in [1.165, 1.54) is 24.9 Å². The second-order valence-electron chi connectivity index (χ2n) is 6.00. The molecular weight excluding hydrogens is 310 g/mol. The van der Waals surface area contributed by atoms with Crippen molar-refractivity contribution >= 4 is 21.6 Å². The molecular formula is C14H20ClN3O2S. The number of halogens is 1. The molecule has 2 aliphatic rings. The number of rotatable bonds is 3. The van der Waals surface area contributed by atoms with Gasteiger partial charge in [0.1, 0.15) is 4.90 Å².